The molecule has 0 saturated heterocycles. The Morgan fingerprint density at radius 3 is 2.93 bits per heavy atom. The highest BCUT2D eigenvalue weighted by Gasteiger charge is 2.13. The summed E-state index contributed by atoms with van der Waals surface area (Å²) in [4.78, 5) is 15.2. The smallest absolute Gasteiger partial charge is 0.217 e. The standard InChI is InChI=1S/C10H13IN2O/c1-3-9(13-7(2)14)8-5-4-6-12-10(8)11/h4-6,9H,3H2,1-2H3,(H,13,14). The van der Waals surface area contributed by atoms with E-state index in [0.29, 0.717) is 0 Å². The molecule has 1 rings (SSSR count). The van der Waals surface area contributed by atoms with Crippen LogP contribution < -0.4 is 5.32 Å². The van der Waals surface area contributed by atoms with Crippen LogP contribution in [0.25, 0.3) is 0 Å². The van der Waals surface area contributed by atoms with Crippen LogP contribution in [-0.4, -0.2) is 10.9 Å². The molecule has 0 radical (unpaired) electrons. The second-order valence-electron chi connectivity index (χ2n) is 3.04. The fourth-order valence-corrected chi connectivity index (χ4v) is 2.02. The number of hydrogen-bond donors (Lipinski definition) is 1. The van der Waals surface area contributed by atoms with E-state index in [4.69, 9.17) is 0 Å². The van der Waals surface area contributed by atoms with Crippen LogP contribution in [0.15, 0.2) is 18.3 Å². The van der Waals surface area contributed by atoms with Crippen LogP contribution in [0.3, 0.4) is 0 Å². The monoisotopic (exact) mass is 304 g/mol. The Labute approximate surface area is 97.4 Å². The van der Waals surface area contributed by atoms with Crippen molar-refractivity contribution < 1.29 is 4.79 Å². The van der Waals surface area contributed by atoms with Gasteiger partial charge in [0.25, 0.3) is 0 Å². The van der Waals surface area contributed by atoms with Gasteiger partial charge in [-0.15, -0.1) is 0 Å². The highest BCUT2D eigenvalue weighted by atomic mass is 127. The van der Waals surface area contributed by atoms with E-state index in [0.717, 1.165) is 15.7 Å². The maximum Gasteiger partial charge on any atom is 0.217 e. The van der Waals surface area contributed by atoms with E-state index in [1.165, 1.54) is 6.92 Å². The van der Waals surface area contributed by atoms with Crippen molar-refractivity contribution >= 4 is 28.5 Å². The number of halogens is 1. The number of pyridine rings is 1. The van der Waals surface area contributed by atoms with Gasteiger partial charge in [0.1, 0.15) is 3.70 Å². The van der Waals surface area contributed by atoms with Gasteiger partial charge in [-0.2, -0.15) is 0 Å². The number of carbonyl (C=O) groups is 1. The number of amides is 1. The molecule has 0 fully saturated rings. The topological polar surface area (TPSA) is 42.0 Å². The summed E-state index contributed by atoms with van der Waals surface area (Å²) >= 11 is 2.18. The van der Waals surface area contributed by atoms with Crippen molar-refractivity contribution in [2.75, 3.05) is 0 Å². The zero-order chi connectivity index (χ0) is 10.6. The summed E-state index contributed by atoms with van der Waals surface area (Å²) in [7, 11) is 0. The van der Waals surface area contributed by atoms with Gasteiger partial charge in [-0.05, 0) is 35.1 Å². The Kier molecular flexibility index (Phi) is 4.31. The van der Waals surface area contributed by atoms with Gasteiger partial charge in [0.05, 0.1) is 6.04 Å². The summed E-state index contributed by atoms with van der Waals surface area (Å²) in [6.45, 7) is 3.58. The second-order valence-corrected chi connectivity index (χ2v) is 4.07. The number of hydrogen-bond acceptors (Lipinski definition) is 2. The van der Waals surface area contributed by atoms with E-state index in [9.17, 15) is 4.79 Å². The average molecular weight is 304 g/mol. The molecule has 76 valence electrons. The maximum atomic E-state index is 11.0. The van der Waals surface area contributed by atoms with Gasteiger partial charge in [0.15, 0.2) is 0 Å². The lowest BCUT2D eigenvalue weighted by atomic mass is 10.1. The van der Waals surface area contributed by atoms with Crippen LogP contribution in [0.5, 0.6) is 0 Å². The van der Waals surface area contributed by atoms with Crippen LogP contribution in [0.4, 0.5) is 0 Å². The molecular weight excluding hydrogens is 291 g/mol. The quantitative estimate of drug-likeness (QED) is 0.687. The molecule has 1 heterocycles. The van der Waals surface area contributed by atoms with E-state index < -0.39 is 0 Å². The zero-order valence-electron chi connectivity index (χ0n) is 8.25. The number of aromatic nitrogens is 1. The number of carbonyl (C=O) groups excluding carboxylic acids is 1. The molecule has 0 bridgehead atoms. The summed E-state index contributed by atoms with van der Waals surface area (Å²) in [6, 6.07) is 3.97. The molecule has 3 nitrogen and oxygen atoms in total. The molecule has 4 heteroatoms. The zero-order valence-corrected chi connectivity index (χ0v) is 10.4. The van der Waals surface area contributed by atoms with Gasteiger partial charge in [-0.3, -0.25) is 4.79 Å². The third-order valence-electron chi connectivity index (χ3n) is 1.95. The second kappa shape index (κ2) is 5.29. The SMILES string of the molecule is CCC(NC(C)=O)c1cccnc1I. The molecule has 1 N–H and O–H groups in total. The molecule has 1 aromatic rings. The van der Waals surface area contributed by atoms with Gasteiger partial charge in [0, 0.05) is 18.7 Å². The molecule has 1 atom stereocenters. The van der Waals surface area contributed by atoms with Gasteiger partial charge < -0.3 is 5.32 Å². The normalized spacial score (nSPS) is 12.2. The van der Waals surface area contributed by atoms with Crippen LogP contribution in [-0.2, 0) is 4.79 Å². The first kappa shape index (κ1) is 11.4. The van der Waals surface area contributed by atoms with Crippen LogP contribution >= 0.6 is 22.6 Å². The maximum absolute atomic E-state index is 11.0. The van der Waals surface area contributed by atoms with Crippen molar-refractivity contribution in [3.8, 4) is 0 Å². The molecule has 14 heavy (non-hydrogen) atoms. The Hall–Kier alpha value is -0.650. The first-order valence-corrected chi connectivity index (χ1v) is 5.60. The molecule has 0 saturated carbocycles. The fourth-order valence-electron chi connectivity index (χ4n) is 1.30. The fraction of sp³-hybridized carbons (Fsp3) is 0.400. The van der Waals surface area contributed by atoms with Crippen molar-refractivity contribution in [3.63, 3.8) is 0 Å². The molecule has 0 spiro atoms. The largest absolute Gasteiger partial charge is 0.349 e. The first-order chi connectivity index (χ1) is 6.65. The van der Waals surface area contributed by atoms with Crippen molar-refractivity contribution in [1.82, 2.24) is 10.3 Å². The Morgan fingerprint density at radius 1 is 1.71 bits per heavy atom. The van der Waals surface area contributed by atoms with Gasteiger partial charge >= 0.3 is 0 Å². The lowest BCUT2D eigenvalue weighted by Crippen LogP contribution is -2.26. The van der Waals surface area contributed by atoms with E-state index in [2.05, 4.69) is 32.9 Å². The minimum Gasteiger partial charge on any atom is -0.349 e. The summed E-state index contributed by atoms with van der Waals surface area (Å²) < 4.78 is 0.950. The minimum absolute atomic E-state index is 0.00324. The molecule has 0 aliphatic carbocycles. The molecule has 1 amide bonds. The third kappa shape index (κ3) is 2.94. The van der Waals surface area contributed by atoms with Crippen LogP contribution in [0.2, 0.25) is 0 Å². The summed E-state index contributed by atoms with van der Waals surface area (Å²) in [5, 5.41) is 2.90. The van der Waals surface area contributed by atoms with Gasteiger partial charge in [-0.1, -0.05) is 13.0 Å². The van der Waals surface area contributed by atoms with Gasteiger partial charge in [-0.25, -0.2) is 4.98 Å². The lowest BCUT2D eigenvalue weighted by molar-refractivity contribution is -0.119. The minimum atomic E-state index is -0.00324. The highest BCUT2D eigenvalue weighted by molar-refractivity contribution is 14.1. The van der Waals surface area contributed by atoms with Crippen LogP contribution in [0.1, 0.15) is 31.9 Å². The molecule has 0 aliphatic rings. The summed E-state index contributed by atoms with van der Waals surface area (Å²) in [5.74, 6) is -0.00324. The first-order valence-electron chi connectivity index (χ1n) is 4.52. The predicted molar refractivity (Wildman–Crippen MR) is 63.8 cm³/mol. The summed E-state index contributed by atoms with van der Waals surface area (Å²) in [5.41, 5.74) is 1.09. The Morgan fingerprint density at radius 2 is 2.43 bits per heavy atom. The van der Waals surface area contributed by atoms with Crippen molar-refractivity contribution in [3.05, 3.63) is 27.6 Å². The molecule has 0 aliphatic heterocycles. The van der Waals surface area contributed by atoms with E-state index >= 15 is 0 Å². The molecule has 1 aromatic heterocycles. The van der Waals surface area contributed by atoms with Gasteiger partial charge in [0.2, 0.25) is 5.91 Å². The van der Waals surface area contributed by atoms with E-state index in [1.807, 2.05) is 19.1 Å². The summed E-state index contributed by atoms with van der Waals surface area (Å²) in [6.07, 6.45) is 2.63. The molecular formula is C10H13IN2O. The molecule has 1 unspecified atom stereocenters. The van der Waals surface area contributed by atoms with Crippen molar-refractivity contribution in [1.29, 1.82) is 0 Å². The lowest BCUT2D eigenvalue weighted by Gasteiger charge is -2.16. The Balaban J connectivity index is 2.89. The van der Waals surface area contributed by atoms with E-state index in [1.54, 1.807) is 6.20 Å². The van der Waals surface area contributed by atoms with Crippen molar-refractivity contribution in [2.45, 2.75) is 26.3 Å². The molecule has 0 aromatic carbocycles. The van der Waals surface area contributed by atoms with Crippen LogP contribution in [0, 0.1) is 3.70 Å². The van der Waals surface area contributed by atoms with Crippen molar-refractivity contribution in [2.24, 2.45) is 0 Å². The predicted octanol–water partition coefficient (Wildman–Crippen LogP) is 2.27. The Bertz CT molecular complexity index is 328. The average Bonchev–Trinajstić information content (AvgIpc) is 2.15. The third-order valence-corrected chi connectivity index (χ3v) is 2.85. The number of nitrogens with one attached hydrogen (secondary N) is 1. The number of rotatable bonds is 3. The highest BCUT2D eigenvalue weighted by Crippen LogP contribution is 2.20. The van der Waals surface area contributed by atoms with E-state index in [-0.39, 0.29) is 11.9 Å². The number of nitrogens with zero attached hydrogens (tertiary/aromatic N) is 1.